The van der Waals surface area contributed by atoms with Gasteiger partial charge < -0.3 is 40.3 Å². The zero-order valence-electron chi connectivity index (χ0n) is 54.8. The van der Waals surface area contributed by atoms with E-state index in [2.05, 4.69) is 31.3 Å². The molecule has 1 rings (SSSR count). The number of allylic oxidation sites excluding steroid dienone is 2. The maximum absolute atomic E-state index is 13.2. The third-order valence-corrected chi connectivity index (χ3v) is 18.1. The lowest BCUT2D eigenvalue weighted by Gasteiger charge is -2.40. The van der Waals surface area contributed by atoms with Crippen LogP contribution in [0, 0.1) is 0 Å². The molecular weight excluding hydrogens is 1020 g/mol. The fraction of sp³-hybridized carbons (Fsp3) is 0.959. The second-order valence-electron chi connectivity index (χ2n) is 26.1. The van der Waals surface area contributed by atoms with E-state index in [1.54, 1.807) is 0 Å². The third-order valence-electron chi connectivity index (χ3n) is 18.1. The molecule has 1 heterocycles. The van der Waals surface area contributed by atoms with Crippen LogP contribution in [0.25, 0.3) is 0 Å². The summed E-state index contributed by atoms with van der Waals surface area (Å²) in [6.45, 7) is 3.91. The van der Waals surface area contributed by atoms with E-state index >= 15 is 0 Å². The number of nitrogens with one attached hydrogen (secondary N) is 1. The van der Waals surface area contributed by atoms with Gasteiger partial charge in [-0.05, 0) is 38.5 Å². The van der Waals surface area contributed by atoms with E-state index in [1.165, 1.54) is 327 Å². The van der Waals surface area contributed by atoms with E-state index in [9.17, 15) is 30.3 Å². The van der Waals surface area contributed by atoms with Crippen LogP contribution < -0.4 is 5.32 Å². The van der Waals surface area contributed by atoms with Crippen molar-refractivity contribution in [2.24, 2.45) is 0 Å². The predicted octanol–water partition coefficient (Wildman–Crippen LogP) is 20.3. The number of hydrogen-bond donors (Lipinski definition) is 6. The molecule has 1 amide bonds. The Morgan fingerprint density at radius 1 is 0.402 bits per heavy atom. The number of aliphatic hydroxyl groups excluding tert-OH is 5. The first kappa shape index (κ1) is 78.9. The van der Waals surface area contributed by atoms with Crippen molar-refractivity contribution in [3.63, 3.8) is 0 Å². The second kappa shape index (κ2) is 63.0. The summed E-state index contributed by atoms with van der Waals surface area (Å²) < 4.78 is 11.4. The summed E-state index contributed by atoms with van der Waals surface area (Å²) in [6.07, 6.45) is 74.4. The molecule has 0 spiro atoms. The molecule has 9 heteroatoms. The van der Waals surface area contributed by atoms with Gasteiger partial charge >= 0.3 is 0 Å². The molecule has 1 saturated heterocycles. The maximum Gasteiger partial charge on any atom is 0.220 e. The highest BCUT2D eigenvalue weighted by molar-refractivity contribution is 5.76. The summed E-state index contributed by atoms with van der Waals surface area (Å²) in [4.78, 5) is 13.2. The van der Waals surface area contributed by atoms with Crippen LogP contribution >= 0.6 is 0 Å². The number of aliphatic hydroxyl groups is 5. The van der Waals surface area contributed by atoms with Crippen molar-refractivity contribution < 1.29 is 39.8 Å². The Bertz CT molecular complexity index is 1300. The Hall–Kier alpha value is -1.07. The minimum atomic E-state index is -1.55. The van der Waals surface area contributed by atoms with Gasteiger partial charge in [0.15, 0.2) is 6.29 Å². The molecule has 0 aromatic rings. The zero-order chi connectivity index (χ0) is 59.3. The van der Waals surface area contributed by atoms with E-state index in [-0.39, 0.29) is 12.5 Å². The Morgan fingerprint density at radius 2 is 0.683 bits per heavy atom. The average Bonchev–Trinajstić information content (AvgIpc) is 3.52. The molecule has 0 aliphatic carbocycles. The standard InChI is InChI=1S/C73H143NO8/c1-3-5-7-9-11-13-15-17-19-21-23-25-27-29-31-33-34-35-37-39-41-43-45-47-49-51-53-55-57-59-61-63-69(77)74-66(65-81-73-72(80)71(79)70(78)68(64-75)82-73)67(76)62-60-58-56-54-52-50-48-46-44-42-40-38-36-32-30-28-26-24-22-20-18-16-14-12-10-8-6-4-2/h21,23,66-68,70-73,75-76,78-80H,3-20,22,24-65H2,1-2H3,(H,74,77)/b23-21-. The molecule has 1 fully saturated rings. The Kier molecular flexibility index (Phi) is 60.6. The molecule has 9 nitrogen and oxygen atoms in total. The predicted molar refractivity (Wildman–Crippen MR) is 351 cm³/mol. The molecule has 488 valence electrons. The van der Waals surface area contributed by atoms with Gasteiger partial charge in [-0.2, -0.15) is 0 Å². The Labute approximate surface area is 509 Å². The van der Waals surface area contributed by atoms with Crippen molar-refractivity contribution in [3.05, 3.63) is 12.2 Å². The van der Waals surface area contributed by atoms with Gasteiger partial charge in [0.2, 0.25) is 5.91 Å². The van der Waals surface area contributed by atoms with E-state index in [1.807, 2.05) is 0 Å². The summed E-state index contributed by atoms with van der Waals surface area (Å²) in [6, 6.07) is -0.717. The van der Waals surface area contributed by atoms with Gasteiger partial charge in [-0.15, -0.1) is 0 Å². The van der Waals surface area contributed by atoms with E-state index in [0.717, 1.165) is 38.5 Å². The average molecular weight is 1160 g/mol. The molecular formula is C73H143NO8. The van der Waals surface area contributed by atoms with Crippen LogP contribution in [-0.4, -0.2) is 87.5 Å². The van der Waals surface area contributed by atoms with E-state index in [4.69, 9.17) is 9.47 Å². The minimum Gasteiger partial charge on any atom is -0.394 e. The molecule has 6 N–H and O–H groups in total. The SMILES string of the molecule is CCCCCCCCCC/C=C\CCCCCCCCCCCCCCCCCCCCCC(=O)NC(COC1OC(CO)C(O)C(O)C1O)C(O)CCCCCCCCCCCCCCCCCCCCCCCCCCCCCC. The van der Waals surface area contributed by atoms with Gasteiger partial charge in [0, 0.05) is 6.42 Å². The van der Waals surface area contributed by atoms with Crippen LogP contribution in [0.3, 0.4) is 0 Å². The zero-order valence-corrected chi connectivity index (χ0v) is 54.8. The fourth-order valence-corrected chi connectivity index (χ4v) is 12.3. The summed E-state index contributed by atoms with van der Waals surface area (Å²) in [7, 11) is 0. The van der Waals surface area contributed by atoms with Gasteiger partial charge in [0.1, 0.15) is 24.4 Å². The largest absolute Gasteiger partial charge is 0.394 e. The minimum absolute atomic E-state index is 0.132. The van der Waals surface area contributed by atoms with Gasteiger partial charge in [0.05, 0.1) is 25.4 Å². The number of rotatable bonds is 66. The Morgan fingerprint density at radius 3 is 0.988 bits per heavy atom. The summed E-state index contributed by atoms with van der Waals surface area (Å²) >= 11 is 0. The molecule has 1 aliphatic rings. The molecule has 7 unspecified atom stereocenters. The third kappa shape index (κ3) is 51.0. The summed E-state index contributed by atoms with van der Waals surface area (Å²) in [5, 5.41) is 55.0. The topological polar surface area (TPSA) is 149 Å². The highest BCUT2D eigenvalue weighted by Crippen LogP contribution is 2.24. The van der Waals surface area contributed by atoms with Crippen molar-refractivity contribution in [2.75, 3.05) is 13.2 Å². The first-order chi connectivity index (χ1) is 40.3. The van der Waals surface area contributed by atoms with Gasteiger partial charge in [-0.25, -0.2) is 0 Å². The molecule has 82 heavy (non-hydrogen) atoms. The lowest BCUT2D eigenvalue weighted by atomic mass is 9.99. The van der Waals surface area contributed by atoms with Crippen molar-refractivity contribution in [1.29, 1.82) is 0 Å². The van der Waals surface area contributed by atoms with Gasteiger partial charge in [0.25, 0.3) is 0 Å². The smallest absolute Gasteiger partial charge is 0.220 e. The van der Waals surface area contributed by atoms with Crippen LogP contribution in [0.4, 0.5) is 0 Å². The van der Waals surface area contributed by atoms with Crippen molar-refractivity contribution in [1.82, 2.24) is 5.32 Å². The first-order valence-electron chi connectivity index (χ1n) is 36.9. The fourth-order valence-electron chi connectivity index (χ4n) is 12.3. The van der Waals surface area contributed by atoms with Gasteiger partial charge in [-0.3, -0.25) is 4.79 Å². The van der Waals surface area contributed by atoms with Crippen LogP contribution in [0.1, 0.15) is 393 Å². The number of unbranched alkanes of at least 4 members (excludes halogenated alkanes) is 54. The normalized spacial score (nSPS) is 18.3. The first-order valence-corrected chi connectivity index (χ1v) is 36.9. The number of carbonyl (C=O) groups is 1. The molecule has 0 aromatic heterocycles. The molecule has 0 bridgehead atoms. The molecule has 7 atom stereocenters. The van der Waals surface area contributed by atoms with E-state index < -0.39 is 49.5 Å². The van der Waals surface area contributed by atoms with Gasteiger partial charge in [-0.1, -0.05) is 360 Å². The molecule has 0 radical (unpaired) electrons. The van der Waals surface area contributed by atoms with Crippen molar-refractivity contribution in [2.45, 2.75) is 436 Å². The van der Waals surface area contributed by atoms with Crippen LogP contribution in [0.2, 0.25) is 0 Å². The number of ether oxygens (including phenoxy) is 2. The lowest BCUT2D eigenvalue weighted by molar-refractivity contribution is -0.302. The van der Waals surface area contributed by atoms with E-state index in [0.29, 0.717) is 12.8 Å². The maximum atomic E-state index is 13.2. The molecule has 1 aliphatic heterocycles. The number of carbonyl (C=O) groups excluding carboxylic acids is 1. The highest BCUT2D eigenvalue weighted by atomic mass is 16.7. The van der Waals surface area contributed by atoms with Crippen LogP contribution in [0.5, 0.6) is 0 Å². The molecule has 0 saturated carbocycles. The van der Waals surface area contributed by atoms with Crippen LogP contribution in [0.15, 0.2) is 12.2 Å². The quantitative estimate of drug-likeness (QED) is 0.0261. The highest BCUT2D eigenvalue weighted by Gasteiger charge is 2.44. The number of hydrogen-bond acceptors (Lipinski definition) is 8. The van der Waals surface area contributed by atoms with Crippen LogP contribution in [-0.2, 0) is 14.3 Å². The van der Waals surface area contributed by atoms with Crippen molar-refractivity contribution >= 4 is 5.91 Å². The lowest BCUT2D eigenvalue weighted by Crippen LogP contribution is -2.60. The molecule has 0 aromatic carbocycles. The second-order valence-corrected chi connectivity index (χ2v) is 26.1. The monoisotopic (exact) mass is 1160 g/mol. The Balaban J connectivity index is 2.08. The number of amides is 1. The summed E-state index contributed by atoms with van der Waals surface area (Å²) in [5.41, 5.74) is 0. The van der Waals surface area contributed by atoms with Crippen molar-refractivity contribution in [3.8, 4) is 0 Å². The summed E-state index contributed by atoms with van der Waals surface area (Å²) in [5.74, 6) is -0.134.